The number of H-pyrrole nitrogens is 1. The Morgan fingerprint density at radius 1 is 1.00 bits per heavy atom. The molecule has 0 unspecified atom stereocenters. The van der Waals surface area contributed by atoms with Gasteiger partial charge in [0.2, 0.25) is 5.75 Å². The predicted molar refractivity (Wildman–Crippen MR) is 99.9 cm³/mol. The molecule has 0 saturated carbocycles. The molecular formula is C19H20N4O3. The summed E-state index contributed by atoms with van der Waals surface area (Å²) in [6, 6.07) is 13.4. The van der Waals surface area contributed by atoms with E-state index in [-0.39, 0.29) is 0 Å². The number of aromatic amines is 1. The van der Waals surface area contributed by atoms with Crippen molar-refractivity contribution in [3.63, 3.8) is 0 Å². The van der Waals surface area contributed by atoms with Gasteiger partial charge < -0.3 is 25.0 Å². The summed E-state index contributed by atoms with van der Waals surface area (Å²) >= 11 is 0. The molecule has 134 valence electrons. The van der Waals surface area contributed by atoms with Gasteiger partial charge in [0.05, 0.1) is 21.3 Å². The number of hydrogen-bond donors (Lipinski definition) is 2. The van der Waals surface area contributed by atoms with E-state index >= 15 is 0 Å². The highest BCUT2D eigenvalue weighted by Crippen LogP contribution is 2.38. The van der Waals surface area contributed by atoms with Crippen LogP contribution in [0.3, 0.4) is 0 Å². The topological polar surface area (TPSA) is 94.8 Å². The van der Waals surface area contributed by atoms with Gasteiger partial charge in [-0.3, -0.25) is 0 Å². The van der Waals surface area contributed by atoms with E-state index in [4.69, 9.17) is 20.1 Å². The van der Waals surface area contributed by atoms with E-state index in [0.29, 0.717) is 34.2 Å². The van der Waals surface area contributed by atoms with Gasteiger partial charge in [0, 0.05) is 17.3 Å². The first-order chi connectivity index (χ1) is 12.7. The summed E-state index contributed by atoms with van der Waals surface area (Å²) in [5.41, 5.74) is 2.79. The maximum Gasteiger partial charge on any atom is 0.203 e. The molecule has 3 N–H and O–H groups in total. The van der Waals surface area contributed by atoms with E-state index < -0.39 is 0 Å². The van der Waals surface area contributed by atoms with Crippen LogP contribution >= 0.6 is 0 Å². The maximum absolute atomic E-state index is 5.66. The van der Waals surface area contributed by atoms with Gasteiger partial charge in [0.25, 0.3) is 0 Å². The normalized spacial score (nSPS) is 11.3. The Labute approximate surface area is 151 Å². The van der Waals surface area contributed by atoms with Crippen molar-refractivity contribution < 1.29 is 14.2 Å². The van der Waals surface area contributed by atoms with Crippen LogP contribution in [0.1, 0.15) is 11.3 Å². The molecule has 0 spiro atoms. The van der Waals surface area contributed by atoms with Gasteiger partial charge in [0.1, 0.15) is 17.2 Å². The zero-order valence-corrected chi connectivity index (χ0v) is 14.8. The van der Waals surface area contributed by atoms with Gasteiger partial charge in [0.15, 0.2) is 11.5 Å². The third-order valence-corrected chi connectivity index (χ3v) is 3.93. The van der Waals surface area contributed by atoms with E-state index in [1.54, 1.807) is 39.7 Å². The number of nitrogens with zero attached hydrogens (tertiary/aromatic N) is 2. The zero-order chi connectivity index (χ0) is 18.5. The Morgan fingerprint density at radius 2 is 1.65 bits per heavy atom. The Balaban J connectivity index is 2.04. The van der Waals surface area contributed by atoms with Gasteiger partial charge in [-0.25, -0.2) is 4.98 Å². The fraction of sp³-hybridized carbons (Fsp3) is 0.158. The fourth-order valence-corrected chi connectivity index (χ4v) is 2.69. The van der Waals surface area contributed by atoms with Gasteiger partial charge in [-0.05, 0) is 12.1 Å². The molecule has 3 aromatic rings. The second-order valence-electron chi connectivity index (χ2n) is 5.39. The summed E-state index contributed by atoms with van der Waals surface area (Å²) in [6.45, 7) is 0. The number of nitrogens with one attached hydrogen (secondary N) is 1. The smallest absolute Gasteiger partial charge is 0.203 e. The van der Waals surface area contributed by atoms with Gasteiger partial charge in [-0.1, -0.05) is 30.3 Å². The van der Waals surface area contributed by atoms with E-state index in [2.05, 4.69) is 15.1 Å². The summed E-state index contributed by atoms with van der Waals surface area (Å²) in [5, 5.41) is 3.92. The zero-order valence-electron chi connectivity index (χ0n) is 14.8. The van der Waals surface area contributed by atoms with Gasteiger partial charge >= 0.3 is 0 Å². The highest BCUT2D eigenvalue weighted by molar-refractivity contribution is 6.12. The monoisotopic (exact) mass is 352 g/mol. The van der Waals surface area contributed by atoms with Gasteiger partial charge in [-0.2, -0.15) is 5.10 Å². The van der Waals surface area contributed by atoms with Crippen LogP contribution in [0.15, 0.2) is 53.8 Å². The Bertz CT molecular complexity index is 895. The van der Waals surface area contributed by atoms with Crippen LogP contribution < -0.4 is 20.1 Å². The average Bonchev–Trinajstić information content (AvgIpc) is 3.18. The standard InChI is InChI=1S/C19H20N4O3/c1-24-15-9-13(10-16(25-2)18(15)26-3)17(23-20)14-11-21-19(22-14)12-7-5-4-6-8-12/h4-11H,20H2,1-3H3,(H,21,22). The van der Waals surface area contributed by atoms with Crippen molar-refractivity contribution in [1.29, 1.82) is 0 Å². The van der Waals surface area contributed by atoms with Crippen molar-refractivity contribution in [3.8, 4) is 28.6 Å². The first-order valence-corrected chi connectivity index (χ1v) is 7.91. The third kappa shape index (κ3) is 3.19. The lowest BCUT2D eigenvalue weighted by Crippen LogP contribution is -2.08. The molecule has 1 heterocycles. The van der Waals surface area contributed by atoms with E-state index in [0.717, 1.165) is 11.4 Å². The molecule has 0 aliphatic heterocycles. The molecule has 26 heavy (non-hydrogen) atoms. The molecule has 0 aliphatic carbocycles. The number of hydrazone groups is 1. The summed E-state index contributed by atoms with van der Waals surface area (Å²) < 4.78 is 16.1. The molecule has 7 nitrogen and oxygen atoms in total. The number of ether oxygens (including phenoxy) is 3. The second-order valence-corrected chi connectivity index (χ2v) is 5.39. The van der Waals surface area contributed by atoms with E-state index in [9.17, 15) is 0 Å². The van der Waals surface area contributed by atoms with Crippen LogP contribution in [0.2, 0.25) is 0 Å². The Kier molecular flexibility index (Phi) is 5.07. The van der Waals surface area contributed by atoms with Crippen LogP contribution in [-0.4, -0.2) is 37.0 Å². The number of methoxy groups -OCH3 is 3. The summed E-state index contributed by atoms with van der Waals surface area (Å²) in [6.07, 6.45) is 1.76. The maximum atomic E-state index is 5.66. The lowest BCUT2D eigenvalue weighted by molar-refractivity contribution is 0.324. The highest BCUT2D eigenvalue weighted by atomic mass is 16.5. The fourth-order valence-electron chi connectivity index (χ4n) is 2.69. The summed E-state index contributed by atoms with van der Waals surface area (Å²) in [5.74, 6) is 7.92. The van der Waals surface area contributed by atoms with Crippen molar-refractivity contribution in [1.82, 2.24) is 9.97 Å². The lowest BCUT2D eigenvalue weighted by atomic mass is 10.1. The second kappa shape index (κ2) is 7.60. The minimum absolute atomic E-state index is 0.502. The van der Waals surface area contributed by atoms with Crippen molar-refractivity contribution >= 4 is 5.71 Å². The molecule has 0 aliphatic rings. The largest absolute Gasteiger partial charge is 0.493 e. The SMILES string of the molecule is COc1cc(C(=NN)c2c[nH]c(-c3ccccc3)n2)cc(OC)c1OC. The van der Waals surface area contributed by atoms with Crippen LogP contribution in [0.5, 0.6) is 17.2 Å². The quantitative estimate of drug-likeness (QED) is 0.404. The Hall–Kier alpha value is -3.48. The molecule has 0 atom stereocenters. The minimum Gasteiger partial charge on any atom is -0.493 e. The number of benzene rings is 2. The first-order valence-electron chi connectivity index (χ1n) is 7.91. The molecule has 3 rings (SSSR count). The highest BCUT2D eigenvalue weighted by Gasteiger charge is 2.19. The summed E-state index contributed by atoms with van der Waals surface area (Å²) in [4.78, 5) is 7.75. The van der Waals surface area contributed by atoms with E-state index in [1.165, 1.54) is 0 Å². The molecular weight excluding hydrogens is 332 g/mol. The molecule has 0 radical (unpaired) electrons. The van der Waals surface area contributed by atoms with Crippen molar-refractivity contribution in [3.05, 3.63) is 59.9 Å². The van der Waals surface area contributed by atoms with Crippen molar-refractivity contribution in [2.45, 2.75) is 0 Å². The van der Waals surface area contributed by atoms with Crippen molar-refractivity contribution in [2.75, 3.05) is 21.3 Å². The number of nitrogens with two attached hydrogens (primary N) is 1. The molecule has 0 saturated heterocycles. The molecule has 0 bridgehead atoms. The van der Waals surface area contributed by atoms with Gasteiger partial charge in [-0.15, -0.1) is 0 Å². The van der Waals surface area contributed by atoms with Crippen LogP contribution in [-0.2, 0) is 0 Å². The number of imidazole rings is 1. The molecule has 0 amide bonds. The van der Waals surface area contributed by atoms with Crippen LogP contribution in [0.25, 0.3) is 11.4 Å². The summed E-state index contributed by atoms with van der Waals surface area (Å²) in [7, 11) is 4.67. The van der Waals surface area contributed by atoms with Crippen LogP contribution in [0.4, 0.5) is 0 Å². The number of hydrogen-bond acceptors (Lipinski definition) is 6. The molecule has 2 aromatic carbocycles. The Morgan fingerprint density at radius 3 is 2.19 bits per heavy atom. The number of aromatic nitrogens is 2. The third-order valence-electron chi connectivity index (χ3n) is 3.93. The predicted octanol–water partition coefficient (Wildman–Crippen LogP) is 2.81. The minimum atomic E-state index is 0.502. The molecule has 0 fully saturated rings. The van der Waals surface area contributed by atoms with E-state index in [1.807, 2.05) is 30.3 Å². The lowest BCUT2D eigenvalue weighted by Gasteiger charge is -2.14. The molecule has 1 aromatic heterocycles. The first kappa shape index (κ1) is 17.3. The van der Waals surface area contributed by atoms with Crippen LogP contribution in [0, 0.1) is 0 Å². The molecule has 7 heteroatoms. The van der Waals surface area contributed by atoms with Crippen molar-refractivity contribution in [2.24, 2.45) is 10.9 Å². The average molecular weight is 352 g/mol. The number of rotatable bonds is 6.